The number of hydrogen-bond donors (Lipinski definition) is 1. The first-order chi connectivity index (χ1) is 5.75. The van der Waals surface area contributed by atoms with Gasteiger partial charge in [-0.15, -0.1) is 0 Å². The third-order valence-corrected chi connectivity index (χ3v) is 2.60. The van der Waals surface area contributed by atoms with E-state index in [1.807, 2.05) is 0 Å². The monoisotopic (exact) mass is 187 g/mol. The highest BCUT2D eigenvalue weighted by Gasteiger charge is 2.24. The lowest BCUT2D eigenvalue weighted by Gasteiger charge is -2.33. The van der Waals surface area contributed by atoms with Crippen LogP contribution in [0.5, 0.6) is 0 Å². The van der Waals surface area contributed by atoms with Crippen LogP contribution in [0, 0.1) is 11.8 Å². The lowest BCUT2D eigenvalue weighted by atomic mass is 9.86. The molecule has 0 radical (unpaired) electrons. The zero-order valence-electron chi connectivity index (χ0n) is 9.96. The summed E-state index contributed by atoms with van der Waals surface area (Å²) in [6.45, 7) is 10.9. The quantitative estimate of drug-likeness (QED) is 0.668. The van der Waals surface area contributed by atoms with E-state index < -0.39 is 0 Å². The highest BCUT2D eigenvalue weighted by molar-refractivity contribution is 4.77. The third kappa shape index (κ3) is 5.27. The van der Waals surface area contributed by atoms with Gasteiger partial charge in [0.2, 0.25) is 0 Å². The van der Waals surface area contributed by atoms with E-state index in [0.717, 1.165) is 12.3 Å². The van der Waals surface area contributed by atoms with Crippen LogP contribution in [0.4, 0.5) is 0 Å². The molecule has 0 aromatic rings. The Morgan fingerprint density at radius 2 is 1.69 bits per heavy atom. The van der Waals surface area contributed by atoms with E-state index in [1.54, 1.807) is 7.05 Å². The second kappa shape index (κ2) is 4.97. The molecule has 1 unspecified atom stereocenters. The van der Waals surface area contributed by atoms with E-state index in [-0.39, 0.29) is 5.54 Å². The van der Waals surface area contributed by atoms with Gasteiger partial charge in [0.25, 0.3) is 0 Å². The molecular formula is C11H25NO. The molecule has 0 aromatic carbocycles. The molecule has 0 saturated heterocycles. The van der Waals surface area contributed by atoms with Crippen molar-refractivity contribution in [1.82, 2.24) is 5.06 Å². The standard InChI is InChI=1S/C11H25NO/c1-9(2)7-10(3)8-11(4,5)12(6)13/h9-10,13H,7-8H2,1-6H3. The van der Waals surface area contributed by atoms with Crippen molar-refractivity contribution in [3.63, 3.8) is 0 Å². The van der Waals surface area contributed by atoms with Gasteiger partial charge >= 0.3 is 0 Å². The summed E-state index contributed by atoms with van der Waals surface area (Å²) in [5.41, 5.74) is -0.103. The van der Waals surface area contributed by atoms with E-state index in [0.29, 0.717) is 5.92 Å². The molecule has 0 bridgehead atoms. The first-order valence-electron chi connectivity index (χ1n) is 5.18. The Labute approximate surface area is 82.9 Å². The van der Waals surface area contributed by atoms with Crippen molar-refractivity contribution in [2.45, 2.75) is 53.0 Å². The van der Waals surface area contributed by atoms with Crippen LogP contribution in [0.3, 0.4) is 0 Å². The minimum Gasteiger partial charge on any atom is -0.314 e. The van der Waals surface area contributed by atoms with Gasteiger partial charge in [-0.1, -0.05) is 20.8 Å². The smallest absolute Gasteiger partial charge is 0.0403 e. The molecule has 0 fully saturated rings. The molecule has 1 N–H and O–H groups in total. The summed E-state index contributed by atoms with van der Waals surface area (Å²) in [7, 11) is 1.72. The maximum absolute atomic E-state index is 9.40. The summed E-state index contributed by atoms with van der Waals surface area (Å²) in [5, 5.41) is 10.7. The molecule has 1 atom stereocenters. The molecule has 0 spiro atoms. The van der Waals surface area contributed by atoms with Gasteiger partial charge in [-0.3, -0.25) is 0 Å². The van der Waals surface area contributed by atoms with Gasteiger partial charge in [0, 0.05) is 12.6 Å². The average molecular weight is 187 g/mol. The van der Waals surface area contributed by atoms with E-state index in [2.05, 4.69) is 34.6 Å². The molecule has 0 aliphatic rings. The molecule has 80 valence electrons. The van der Waals surface area contributed by atoms with Crippen LogP contribution >= 0.6 is 0 Å². The van der Waals surface area contributed by atoms with Gasteiger partial charge in [-0.2, -0.15) is 5.06 Å². The van der Waals surface area contributed by atoms with Crippen molar-refractivity contribution in [3.05, 3.63) is 0 Å². The molecule has 0 amide bonds. The number of rotatable bonds is 5. The molecule has 0 heterocycles. The minimum absolute atomic E-state index is 0.103. The van der Waals surface area contributed by atoms with Crippen LogP contribution in [0.1, 0.15) is 47.5 Å². The minimum atomic E-state index is -0.103. The summed E-state index contributed by atoms with van der Waals surface area (Å²) in [6, 6.07) is 0. The van der Waals surface area contributed by atoms with Crippen LogP contribution in [-0.4, -0.2) is 22.9 Å². The number of nitrogens with zero attached hydrogens (tertiary/aromatic N) is 1. The number of hydroxylamine groups is 2. The largest absolute Gasteiger partial charge is 0.314 e. The van der Waals surface area contributed by atoms with Crippen LogP contribution < -0.4 is 0 Å². The van der Waals surface area contributed by atoms with Crippen molar-refractivity contribution in [1.29, 1.82) is 0 Å². The van der Waals surface area contributed by atoms with E-state index >= 15 is 0 Å². The van der Waals surface area contributed by atoms with Gasteiger partial charge in [-0.05, 0) is 38.5 Å². The first-order valence-corrected chi connectivity index (χ1v) is 5.18. The van der Waals surface area contributed by atoms with Crippen molar-refractivity contribution in [2.24, 2.45) is 11.8 Å². The zero-order valence-corrected chi connectivity index (χ0v) is 9.96. The van der Waals surface area contributed by atoms with Gasteiger partial charge in [0.15, 0.2) is 0 Å². The predicted octanol–water partition coefficient (Wildman–Crippen LogP) is 3.16. The van der Waals surface area contributed by atoms with Crippen LogP contribution in [0.25, 0.3) is 0 Å². The molecule has 0 aliphatic carbocycles. The summed E-state index contributed by atoms with van der Waals surface area (Å²) in [5.74, 6) is 1.42. The Hall–Kier alpha value is -0.0800. The van der Waals surface area contributed by atoms with Crippen molar-refractivity contribution < 1.29 is 5.21 Å². The van der Waals surface area contributed by atoms with Gasteiger partial charge in [0.1, 0.15) is 0 Å². The Morgan fingerprint density at radius 3 is 2.00 bits per heavy atom. The second-order valence-electron chi connectivity index (χ2n) is 5.27. The predicted molar refractivity (Wildman–Crippen MR) is 56.9 cm³/mol. The normalized spacial score (nSPS) is 15.5. The average Bonchev–Trinajstić information content (AvgIpc) is 1.82. The van der Waals surface area contributed by atoms with E-state index in [1.165, 1.54) is 11.5 Å². The lowest BCUT2D eigenvalue weighted by Crippen LogP contribution is -2.40. The fourth-order valence-corrected chi connectivity index (χ4v) is 1.87. The summed E-state index contributed by atoms with van der Waals surface area (Å²) in [6.07, 6.45) is 2.27. The molecule has 2 nitrogen and oxygen atoms in total. The molecule has 0 aromatic heterocycles. The highest BCUT2D eigenvalue weighted by atomic mass is 16.5. The molecule has 0 rings (SSSR count). The van der Waals surface area contributed by atoms with E-state index in [9.17, 15) is 5.21 Å². The Bertz CT molecular complexity index is 141. The molecular weight excluding hydrogens is 162 g/mol. The summed E-state index contributed by atoms with van der Waals surface area (Å²) in [4.78, 5) is 0. The Kier molecular flexibility index (Phi) is 4.93. The fourth-order valence-electron chi connectivity index (χ4n) is 1.87. The SMILES string of the molecule is CC(C)CC(C)CC(C)(C)N(C)O. The lowest BCUT2D eigenvalue weighted by molar-refractivity contribution is -0.146. The first kappa shape index (κ1) is 12.9. The Balaban J connectivity index is 3.96. The van der Waals surface area contributed by atoms with Crippen LogP contribution in [0.2, 0.25) is 0 Å². The van der Waals surface area contributed by atoms with Crippen molar-refractivity contribution >= 4 is 0 Å². The number of hydrogen-bond acceptors (Lipinski definition) is 2. The molecule has 0 aliphatic heterocycles. The maximum atomic E-state index is 9.40. The van der Waals surface area contributed by atoms with Gasteiger partial charge < -0.3 is 5.21 Å². The third-order valence-electron chi connectivity index (χ3n) is 2.60. The maximum Gasteiger partial charge on any atom is 0.0403 e. The fraction of sp³-hybridized carbons (Fsp3) is 1.00. The molecule has 2 heteroatoms. The van der Waals surface area contributed by atoms with Crippen LogP contribution in [-0.2, 0) is 0 Å². The van der Waals surface area contributed by atoms with Gasteiger partial charge in [-0.25, -0.2) is 0 Å². The van der Waals surface area contributed by atoms with Crippen LogP contribution in [0.15, 0.2) is 0 Å². The van der Waals surface area contributed by atoms with Crippen molar-refractivity contribution in [3.8, 4) is 0 Å². The summed E-state index contributed by atoms with van der Waals surface area (Å²) < 4.78 is 0. The van der Waals surface area contributed by atoms with Gasteiger partial charge in [0.05, 0.1) is 0 Å². The topological polar surface area (TPSA) is 23.5 Å². The summed E-state index contributed by atoms with van der Waals surface area (Å²) >= 11 is 0. The zero-order chi connectivity index (χ0) is 10.6. The highest BCUT2D eigenvalue weighted by Crippen LogP contribution is 2.24. The van der Waals surface area contributed by atoms with Crippen molar-refractivity contribution in [2.75, 3.05) is 7.05 Å². The Morgan fingerprint density at radius 1 is 1.23 bits per heavy atom. The second-order valence-corrected chi connectivity index (χ2v) is 5.27. The molecule has 0 saturated carbocycles. The van der Waals surface area contributed by atoms with E-state index in [4.69, 9.17) is 0 Å². The molecule has 13 heavy (non-hydrogen) atoms.